The number of pyridine rings is 1. The number of anilines is 3. The fourth-order valence-electron chi connectivity index (χ4n) is 3.58. The second-order valence-corrected chi connectivity index (χ2v) is 7.56. The van der Waals surface area contributed by atoms with Crippen LogP contribution in [-0.2, 0) is 0 Å². The number of para-hydroxylation sites is 2. The molecule has 2 aromatic carbocycles. The summed E-state index contributed by atoms with van der Waals surface area (Å²) in [6.07, 6.45) is 3.41. The number of H-pyrrole nitrogens is 1. The average Bonchev–Trinajstić information content (AvgIpc) is 3.26. The fraction of sp³-hybridized carbons (Fsp3) is 0.120. The van der Waals surface area contributed by atoms with Crippen molar-refractivity contribution in [2.75, 3.05) is 17.7 Å². The second kappa shape index (κ2) is 8.58. The Morgan fingerprint density at radius 2 is 1.73 bits per heavy atom. The number of nitrogens with zero attached hydrogens (tertiary/aromatic N) is 4. The molecule has 5 aromatic rings. The molecular formula is C25H23N7O. The van der Waals surface area contributed by atoms with Crippen LogP contribution in [0.5, 0.6) is 11.6 Å². The summed E-state index contributed by atoms with van der Waals surface area (Å²) in [5.74, 6) is 2.45. The van der Waals surface area contributed by atoms with E-state index in [0.29, 0.717) is 17.8 Å². The Bertz CT molecular complexity index is 1410. The van der Waals surface area contributed by atoms with Crippen molar-refractivity contribution in [3.8, 4) is 22.9 Å². The molecule has 8 nitrogen and oxygen atoms in total. The van der Waals surface area contributed by atoms with Crippen LogP contribution in [0.3, 0.4) is 0 Å². The molecule has 0 saturated heterocycles. The Kier molecular flexibility index (Phi) is 5.32. The molecule has 33 heavy (non-hydrogen) atoms. The highest BCUT2D eigenvalue weighted by Gasteiger charge is 2.14. The van der Waals surface area contributed by atoms with Crippen LogP contribution < -0.4 is 15.4 Å². The number of rotatable bonds is 6. The lowest BCUT2D eigenvalue weighted by Gasteiger charge is -2.15. The molecule has 164 valence electrons. The highest BCUT2D eigenvalue weighted by Crippen LogP contribution is 2.35. The minimum absolute atomic E-state index is 0.485. The number of hydrogen-bond donors (Lipinski definition) is 3. The summed E-state index contributed by atoms with van der Waals surface area (Å²) in [7, 11) is 1.78. The Morgan fingerprint density at radius 1 is 0.848 bits per heavy atom. The van der Waals surface area contributed by atoms with E-state index in [1.54, 1.807) is 19.4 Å². The van der Waals surface area contributed by atoms with Gasteiger partial charge in [-0.05, 0) is 67.4 Å². The summed E-state index contributed by atoms with van der Waals surface area (Å²) in [4.78, 5) is 21.1. The molecule has 0 amide bonds. The second-order valence-electron chi connectivity index (χ2n) is 7.56. The smallest absolute Gasteiger partial charge is 0.228 e. The zero-order chi connectivity index (χ0) is 22.8. The van der Waals surface area contributed by atoms with E-state index in [4.69, 9.17) is 4.74 Å². The van der Waals surface area contributed by atoms with Gasteiger partial charge < -0.3 is 20.4 Å². The number of imidazole rings is 1. The van der Waals surface area contributed by atoms with Gasteiger partial charge in [0.2, 0.25) is 17.8 Å². The van der Waals surface area contributed by atoms with Crippen molar-refractivity contribution in [2.45, 2.75) is 13.8 Å². The number of aromatic nitrogens is 5. The number of hydrogen-bond acceptors (Lipinski definition) is 7. The number of ether oxygens (including phenoxy) is 1. The Labute approximate surface area is 191 Å². The molecule has 0 radical (unpaired) electrons. The third-order valence-corrected chi connectivity index (χ3v) is 5.51. The molecule has 0 spiro atoms. The van der Waals surface area contributed by atoms with Crippen LogP contribution in [0.25, 0.3) is 22.3 Å². The van der Waals surface area contributed by atoms with E-state index in [0.717, 1.165) is 44.9 Å². The predicted octanol–water partition coefficient (Wildman–Crippen LogP) is 5.61. The molecule has 3 aromatic heterocycles. The number of aromatic amines is 1. The molecule has 8 heteroatoms. The first-order valence-electron chi connectivity index (χ1n) is 10.6. The van der Waals surface area contributed by atoms with Gasteiger partial charge >= 0.3 is 0 Å². The van der Waals surface area contributed by atoms with Crippen LogP contribution in [0.1, 0.15) is 11.1 Å². The van der Waals surface area contributed by atoms with Gasteiger partial charge in [-0.3, -0.25) is 0 Å². The van der Waals surface area contributed by atoms with Crippen molar-refractivity contribution in [3.05, 3.63) is 78.1 Å². The summed E-state index contributed by atoms with van der Waals surface area (Å²) < 4.78 is 6.26. The molecule has 0 aliphatic carbocycles. The van der Waals surface area contributed by atoms with Crippen molar-refractivity contribution in [2.24, 2.45) is 0 Å². The van der Waals surface area contributed by atoms with E-state index >= 15 is 0 Å². The molecule has 0 atom stereocenters. The van der Waals surface area contributed by atoms with Crippen molar-refractivity contribution in [1.29, 1.82) is 0 Å². The summed E-state index contributed by atoms with van der Waals surface area (Å²) in [6, 6.07) is 17.5. The van der Waals surface area contributed by atoms with E-state index in [1.165, 1.54) is 0 Å². The first kappa shape index (κ1) is 20.4. The minimum atomic E-state index is 0.485. The topological polar surface area (TPSA) is 101 Å². The van der Waals surface area contributed by atoms with Gasteiger partial charge in [-0.2, -0.15) is 0 Å². The van der Waals surface area contributed by atoms with Crippen molar-refractivity contribution in [1.82, 2.24) is 24.9 Å². The van der Waals surface area contributed by atoms with Crippen LogP contribution in [0, 0.1) is 13.8 Å². The van der Waals surface area contributed by atoms with Crippen LogP contribution in [0.4, 0.5) is 17.6 Å². The van der Waals surface area contributed by atoms with Crippen molar-refractivity contribution in [3.63, 3.8) is 0 Å². The summed E-state index contributed by atoms with van der Waals surface area (Å²) in [5, 5.41) is 6.34. The normalized spacial score (nSPS) is 10.9. The molecule has 0 saturated carbocycles. The molecule has 0 unspecified atom stereocenters. The Balaban J connectivity index is 1.44. The van der Waals surface area contributed by atoms with Gasteiger partial charge in [0.1, 0.15) is 5.75 Å². The first-order chi connectivity index (χ1) is 16.1. The number of nitrogens with one attached hydrogen (secondary N) is 3. The van der Waals surface area contributed by atoms with E-state index in [2.05, 4.69) is 42.5 Å². The summed E-state index contributed by atoms with van der Waals surface area (Å²) in [5.41, 5.74) is 6.45. The Hall–Kier alpha value is -4.46. The van der Waals surface area contributed by atoms with E-state index in [9.17, 15) is 0 Å². The third kappa shape index (κ3) is 4.06. The van der Waals surface area contributed by atoms with Gasteiger partial charge in [-0.1, -0.05) is 12.1 Å². The van der Waals surface area contributed by atoms with Crippen LogP contribution in [0.2, 0.25) is 0 Å². The molecule has 3 N–H and O–H groups in total. The van der Waals surface area contributed by atoms with Gasteiger partial charge in [-0.25, -0.2) is 19.9 Å². The van der Waals surface area contributed by atoms with Crippen LogP contribution in [0.15, 0.2) is 67.0 Å². The fourth-order valence-corrected chi connectivity index (χ4v) is 3.58. The minimum Gasteiger partial charge on any atom is -0.438 e. The van der Waals surface area contributed by atoms with Gasteiger partial charge in [0.25, 0.3) is 0 Å². The van der Waals surface area contributed by atoms with Gasteiger partial charge in [0.05, 0.1) is 22.3 Å². The van der Waals surface area contributed by atoms with E-state index in [1.807, 2.05) is 61.5 Å². The molecule has 5 rings (SSSR count). The number of fused-ring (bicyclic) bond motifs is 1. The maximum Gasteiger partial charge on any atom is 0.228 e. The quantitative estimate of drug-likeness (QED) is 0.317. The maximum atomic E-state index is 6.26. The SMILES string of the molecule is CNc1nccc(-c2cccnc2Oc2ccc(Nc3nc4ccccc4[nH]3)c(C)c2C)n1. The lowest BCUT2D eigenvalue weighted by Crippen LogP contribution is -2.00. The van der Waals surface area contributed by atoms with Crippen molar-refractivity contribution < 1.29 is 4.74 Å². The first-order valence-corrected chi connectivity index (χ1v) is 10.6. The van der Waals surface area contributed by atoms with E-state index < -0.39 is 0 Å². The summed E-state index contributed by atoms with van der Waals surface area (Å²) >= 11 is 0. The molecular weight excluding hydrogens is 414 g/mol. The molecule has 3 heterocycles. The largest absolute Gasteiger partial charge is 0.438 e. The maximum absolute atomic E-state index is 6.26. The Morgan fingerprint density at radius 3 is 2.58 bits per heavy atom. The monoisotopic (exact) mass is 437 g/mol. The molecule has 0 fully saturated rings. The standard InChI is InChI=1S/C25H23N7O/c1-15-16(2)22(11-10-18(15)29-25-31-20-8-4-5-9-21(20)32-25)33-23-17(7-6-13-27-23)19-12-14-28-24(26-3)30-19/h4-14H,1-3H3,(H,26,28,30)(H2,29,31,32). The zero-order valence-corrected chi connectivity index (χ0v) is 18.5. The van der Waals surface area contributed by atoms with E-state index in [-0.39, 0.29) is 0 Å². The van der Waals surface area contributed by atoms with Gasteiger partial charge in [-0.15, -0.1) is 0 Å². The highest BCUT2D eigenvalue weighted by molar-refractivity contribution is 5.78. The van der Waals surface area contributed by atoms with Gasteiger partial charge in [0, 0.05) is 25.1 Å². The molecule has 0 aliphatic rings. The zero-order valence-electron chi connectivity index (χ0n) is 18.5. The lowest BCUT2D eigenvalue weighted by molar-refractivity contribution is 0.461. The summed E-state index contributed by atoms with van der Waals surface area (Å²) in [6.45, 7) is 4.08. The highest BCUT2D eigenvalue weighted by atomic mass is 16.5. The third-order valence-electron chi connectivity index (χ3n) is 5.51. The predicted molar refractivity (Wildman–Crippen MR) is 130 cm³/mol. The molecule has 0 aliphatic heterocycles. The average molecular weight is 438 g/mol. The van der Waals surface area contributed by atoms with Gasteiger partial charge in [0.15, 0.2) is 0 Å². The number of benzene rings is 2. The molecule has 0 bridgehead atoms. The van der Waals surface area contributed by atoms with Crippen molar-refractivity contribution >= 4 is 28.6 Å². The van der Waals surface area contributed by atoms with Crippen LogP contribution >= 0.6 is 0 Å². The van der Waals surface area contributed by atoms with Crippen LogP contribution in [-0.4, -0.2) is 32.0 Å². The lowest BCUT2D eigenvalue weighted by atomic mass is 10.1.